The first-order valence-electron chi connectivity index (χ1n) is 12.2. The molecular formula is C27H36N4O2. The average Bonchev–Trinajstić information content (AvgIpc) is 2.80. The maximum absolute atomic E-state index is 12.9. The molecule has 0 saturated carbocycles. The molecule has 0 unspecified atom stereocenters. The lowest BCUT2D eigenvalue weighted by molar-refractivity contribution is -0.136. The van der Waals surface area contributed by atoms with Crippen LogP contribution in [0.4, 0.5) is 0 Å². The van der Waals surface area contributed by atoms with Crippen molar-refractivity contribution < 1.29 is 9.59 Å². The highest BCUT2D eigenvalue weighted by molar-refractivity contribution is 5.80. The van der Waals surface area contributed by atoms with E-state index in [0.717, 1.165) is 43.7 Å². The van der Waals surface area contributed by atoms with Gasteiger partial charge in [0, 0.05) is 42.9 Å². The van der Waals surface area contributed by atoms with Crippen LogP contribution < -0.4 is 5.73 Å². The fourth-order valence-corrected chi connectivity index (χ4v) is 5.25. The quantitative estimate of drug-likeness (QED) is 0.736. The normalized spacial score (nSPS) is 20.1. The number of aryl methyl sites for hydroxylation is 2. The van der Waals surface area contributed by atoms with Crippen LogP contribution in [-0.2, 0) is 16.0 Å². The van der Waals surface area contributed by atoms with E-state index in [2.05, 4.69) is 55.1 Å². The van der Waals surface area contributed by atoms with Crippen LogP contribution >= 0.6 is 0 Å². The van der Waals surface area contributed by atoms with Gasteiger partial charge >= 0.3 is 0 Å². The van der Waals surface area contributed by atoms with Crippen molar-refractivity contribution in [2.75, 3.05) is 32.7 Å². The molecule has 1 aromatic carbocycles. The molecule has 0 aliphatic carbocycles. The van der Waals surface area contributed by atoms with Crippen LogP contribution in [0.2, 0.25) is 0 Å². The second kappa shape index (κ2) is 10.5. The molecule has 3 heterocycles. The molecule has 1 atom stereocenters. The van der Waals surface area contributed by atoms with E-state index in [1.54, 1.807) is 0 Å². The first-order valence-corrected chi connectivity index (χ1v) is 12.2. The molecule has 6 heteroatoms. The van der Waals surface area contributed by atoms with Gasteiger partial charge in [-0.05, 0) is 81.3 Å². The third kappa shape index (κ3) is 5.99. The molecule has 33 heavy (non-hydrogen) atoms. The lowest BCUT2D eigenvalue weighted by Gasteiger charge is -2.35. The lowest BCUT2D eigenvalue weighted by atomic mass is 9.91. The van der Waals surface area contributed by atoms with Crippen molar-refractivity contribution in [2.45, 2.75) is 51.9 Å². The minimum Gasteiger partial charge on any atom is -0.369 e. The highest BCUT2D eigenvalue weighted by Gasteiger charge is 2.29. The number of carbonyl (C=O) groups is 2. The summed E-state index contributed by atoms with van der Waals surface area (Å²) in [5.41, 5.74) is 11.6. The molecule has 176 valence electrons. The molecule has 2 fully saturated rings. The topological polar surface area (TPSA) is 79.5 Å². The molecule has 0 spiro atoms. The van der Waals surface area contributed by atoms with Crippen molar-refractivity contribution >= 4 is 11.8 Å². The average molecular weight is 449 g/mol. The van der Waals surface area contributed by atoms with Crippen molar-refractivity contribution in [1.29, 1.82) is 0 Å². The van der Waals surface area contributed by atoms with Gasteiger partial charge in [0.25, 0.3) is 0 Å². The molecule has 2 saturated heterocycles. The highest BCUT2D eigenvalue weighted by atomic mass is 16.2. The molecule has 4 rings (SSSR count). The lowest BCUT2D eigenvalue weighted by Crippen LogP contribution is -2.47. The van der Waals surface area contributed by atoms with Gasteiger partial charge in [0.1, 0.15) is 0 Å². The molecule has 2 aliphatic rings. The third-order valence-electron chi connectivity index (χ3n) is 7.22. The van der Waals surface area contributed by atoms with Crippen molar-refractivity contribution in [1.82, 2.24) is 14.8 Å². The zero-order valence-electron chi connectivity index (χ0n) is 19.9. The van der Waals surface area contributed by atoms with Gasteiger partial charge in [0.05, 0.1) is 6.54 Å². The van der Waals surface area contributed by atoms with Crippen LogP contribution in [0.15, 0.2) is 36.4 Å². The van der Waals surface area contributed by atoms with Crippen LogP contribution in [-0.4, -0.2) is 59.3 Å². The molecule has 6 nitrogen and oxygen atoms in total. The summed E-state index contributed by atoms with van der Waals surface area (Å²) >= 11 is 0. The van der Waals surface area contributed by atoms with Crippen LogP contribution in [0.25, 0.3) is 0 Å². The first kappa shape index (κ1) is 23.4. The molecule has 2 amide bonds. The minimum atomic E-state index is -0.242. The van der Waals surface area contributed by atoms with Crippen molar-refractivity contribution in [3.63, 3.8) is 0 Å². The third-order valence-corrected chi connectivity index (χ3v) is 7.22. The zero-order valence-corrected chi connectivity index (χ0v) is 19.9. The highest BCUT2D eigenvalue weighted by Crippen LogP contribution is 2.28. The summed E-state index contributed by atoms with van der Waals surface area (Å²) in [4.78, 5) is 33.3. The monoisotopic (exact) mass is 448 g/mol. The molecule has 0 bridgehead atoms. The van der Waals surface area contributed by atoms with E-state index in [4.69, 9.17) is 10.7 Å². The number of hydrogen-bond donors (Lipinski definition) is 1. The Labute approximate surface area is 197 Å². The summed E-state index contributed by atoms with van der Waals surface area (Å²) < 4.78 is 0. The minimum absolute atomic E-state index is 0.0883. The number of carbonyl (C=O) groups excluding carboxylic acids is 2. The van der Waals surface area contributed by atoms with Crippen molar-refractivity contribution in [3.8, 4) is 0 Å². The Balaban J connectivity index is 1.38. The number of likely N-dealkylation sites (tertiary alicyclic amines) is 2. The molecule has 2 N–H and O–H groups in total. The van der Waals surface area contributed by atoms with Crippen LogP contribution in [0, 0.1) is 19.8 Å². The molecule has 2 aliphatic heterocycles. The largest absolute Gasteiger partial charge is 0.369 e. The number of piperidine rings is 2. The number of aromatic nitrogens is 1. The van der Waals surface area contributed by atoms with E-state index in [1.807, 2.05) is 4.90 Å². The van der Waals surface area contributed by atoms with Crippen molar-refractivity contribution in [3.05, 3.63) is 64.5 Å². The Hall–Kier alpha value is -2.73. The number of rotatable bonds is 6. The van der Waals surface area contributed by atoms with Crippen LogP contribution in [0.3, 0.4) is 0 Å². The molecular weight excluding hydrogens is 412 g/mol. The number of nitrogens with zero attached hydrogens (tertiary/aromatic N) is 3. The Bertz CT molecular complexity index is 997. The summed E-state index contributed by atoms with van der Waals surface area (Å²) in [5, 5.41) is 0. The predicted molar refractivity (Wildman–Crippen MR) is 130 cm³/mol. The van der Waals surface area contributed by atoms with Gasteiger partial charge < -0.3 is 10.6 Å². The fourth-order valence-electron chi connectivity index (χ4n) is 5.25. The maximum Gasteiger partial charge on any atom is 0.236 e. The van der Waals surface area contributed by atoms with Gasteiger partial charge in [0.15, 0.2) is 0 Å². The van der Waals surface area contributed by atoms with Gasteiger partial charge in [-0.2, -0.15) is 0 Å². The SMILES string of the molecule is Cc1cc(Cc2ccccc2C)cc([C@H]2CCCN(CC(=O)N3CCC(C(N)=O)CC3)C2)n1. The Morgan fingerprint density at radius 2 is 1.82 bits per heavy atom. The molecule has 1 aromatic heterocycles. The van der Waals surface area contributed by atoms with E-state index in [0.29, 0.717) is 38.4 Å². The van der Waals surface area contributed by atoms with Crippen molar-refractivity contribution in [2.24, 2.45) is 11.7 Å². The summed E-state index contributed by atoms with van der Waals surface area (Å²) in [6.07, 6.45) is 4.46. The summed E-state index contributed by atoms with van der Waals surface area (Å²) in [6.45, 7) is 7.75. The van der Waals surface area contributed by atoms with Gasteiger partial charge in [-0.1, -0.05) is 24.3 Å². The number of primary amides is 1. The van der Waals surface area contributed by atoms with Crippen LogP contribution in [0.5, 0.6) is 0 Å². The van der Waals surface area contributed by atoms with Gasteiger partial charge in [-0.3, -0.25) is 19.5 Å². The summed E-state index contributed by atoms with van der Waals surface area (Å²) in [6, 6.07) is 13.0. The standard InChI is InChI=1S/C27H36N4O2/c1-19-6-3-4-7-23(19)15-21-14-20(2)29-25(16-21)24-8-5-11-30(17-24)18-26(32)31-12-9-22(10-13-31)27(28)33/h3-4,6-7,14,16,22,24H,5,8-13,15,17-18H2,1-2H3,(H2,28,33)/t24-/m0/s1. The second-order valence-electron chi connectivity index (χ2n) is 9.78. The van der Waals surface area contributed by atoms with E-state index >= 15 is 0 Å². The number of nitrogens with two attached hydrogens (primary N) is 1. The number of amides is 2. The van der Waals surface area contributed by atoms with Crippen LogP contribution in [0.1, 0.15) is 59.7 Å². The predicted octanol–water partition coefficient (Wildman–Crippen LogP) is 3.19. The smallest absolute Gasteiger partial charge is 0.236 e. The Morgan fingerprint density at radius 1 is 1.06 bits per heavy atom. The van der Waals surface area contributed by atoms with E-state index < -0.39 is 0 Å². The first-order chi connectivity index (χ1) is 15.9. The molecule has 2 aromatic rings. The zero-order chi connectivity index (χ0) is 23.4. The van der Waals surface area contributed by atoms with Gasteiger partial charge in [-0.15, -0.1) is 0 Å². The number of benzene rings is 1. The Morgan fingerprint density at radius 3 is 2.55 bits per heavy atom. The number of hydrogen-bond acceptors (Lipinski definition) is 4. The van der Waals surface area contributed by atoms with Gasteiger partial charge in [0.2, 0.25) is 11.8 Å². The summed E-state index contributed by atoms with van der Waals surface area (Å²) in [7, 11) is 0. The second-order valence-corrected chi connectivity index (χ2v) is 9.78. The molecule has 0 radical (unpaired) electrons. The number of pyridine rings is 1. The van der Waals surface area contributed by atoms with E-state index in [1.165, 1.54) is 16.7 Å². The Kier molecular flexibility index (Phi) is 7.43. The maximum atomic E-state index is 12.9. The van der Waals surface area contributed by atoms with Gasteiger partial charge in [-0.25, -0.2) is 0 Å². The fraction of sp³-hybridized carbons (Fsp3) is 0.519. The van der Waals surface area contributed by atoms with E-state index in [9.17, 15) is 9.59 Å². The van der Waals surface area contributed by atoms with E-state index in [-0.39, 0.29) is 17.7 Å². The summed E-state index contributed by atoms with van der Waals surface area (Å²) in [5.74, 6) is 0.182.